The number of nitrogens with one attached hydrogen (secondary N) is 1. The highest BCUT2D eigenvalue weighted by Crippen LogP contribution is 2.44. The molecule has 0 saturated carbocycles. The lowest BCUT2D eigenvalue weighted by Gasteiger charge is -2.25. The molecular formula is C25H28N2O5. The maximum Gasteiger partial charge on any atom is 0.407 e. The minimum Gasteiger partial charge on any atom is -0.481 e. The maximum atomic E-state index is 12.6. The normalized spacial score (nSPS) is 20.4. The van der Waals surface area contributed by atoms with Crippen molar-refractivity contribution in [2.45, 2.75) is 44.7 Å². The average molecular weight is 437 g/mol. The zero-order valence-electron chi connectivity index (χ0n) is 18.3. The molecule has 4 rings (SSSR count). The number of rotatable bonds is 6. The fourth-order valence-corrected chi connectivity index (χ4v) is 4.89. The highest BCUT2D eigenvalue weighted by molar-refractivity contribution is 5.81. The molecule has 7 nitrogen and oxygen atoms in total. The van der Waals surface area contributed by atoms with Gasteiger partial charge in [-0.2, -0.15) is 0 Å². The first-order valence-corrected chi connectivity index (χ1v) is 11.0. The summed E-state index contributed by atoms with van der Waals surface area (Å²) in [5.74, 6) is -1.60. The smallest absolute Gasteiger partial charge is 0.407 e. The number of carbonyl (C=O) groups is 3. The molecule has 2 amide bonds. The van der Waals surface area contributed by atoms with Crippen LogP contribution in [-0.4, -0.2) is 53.2 Å². The van der Waals surface area contributed by atoms with Gasteiger partial charge in [0.2, 0.25) is 5.91 Å². The molecule has 2 N–H and O–H groups in total. The van der Waals surface area contributed by atoms with E-state index in [-0.39, 0.29) is 30.9 Å². The van der Waals surface area contributed by atoms with Crippen LogP contribution in [0.3, 0.4) is 0 Å². The van der Waals surface area contributed by atoms with E-state index in [9.17, 15) is 19.5 Å². The van der Waals surface area contributed by atoms with Crippen LogP contribution in [0, 0.1) is 5.92 Å². The molecule has 1 aliphatic heterocycles. The van der Waals surface area contributed by atoms with Gasteiger partial charge in [-0.3, -0.25) is 9.59 Å². The minimum absolute atomic E-state index is 0.0245. The zero-order valence-corrected chi connectivity index (χ0v) is 18.3. The van der Waals surface area contributed by atoms with E-state index in [4.69, 9.17) is 4.74 Å². The monoisotopic (exact) mass is 436 g/mol. The molecule has 1 saturated heterocycles. The molecule has 2 aromatic rings. The van der Waals surface area contributed by atoms with Crippen LogP contribution in [0.15, 0.2) is 48.5 Å². The van der Waals surface area contributed by atoms with E-state index in [1.54, 1.807) is 18.7 Å². The Morgan fingerprint density at radius 2 is 1.69 bits per heavy atom. The number of amides is 2. The van der Waals surface area contributed by atoms with Gasteiger partial charge >= 0.3 is 12.1 Å². The predicted molar refractivity (Wildman–Crippen MR) is 119 cm³/mol. The number of nitrogens with zero attached hydrogens (tertiary/aromatic N) is 1. The lowest BCUT2D eigenvalue weighted by Crippen LogP contribution is -2.42. The Morgan fingerprint density at radius 3 is 2.25 bits per heavy atom. The topological polar surface area (TPSA) is 95.9 Å². The largest absolute Gasteiger partial charge is 0.481 e. The number of fused-ring (bicyclic) bond motifs is 3. The van der Waals surface area contributed by atoms with Gasteiger partial charge in [-0.1, -0.05) is 48.5 Å². The minimum atomic E-state index is -0.877. The van der Waals surface area contributed by atoms with Crippen molar-refractivity contribution in [3.63, 3.8) is 0 Å². The van der Waals surface area contributed by atoms with E-state index in [2.05, 4.69) is 29.6 Å². The molecule has 2 aliphatic rings. The number of carbonyl (C=O) groups excluding carboxylic acids is 2. The van der Waals surface area contributed by atoms with Crippen LogP contribution in [0.25, 0.3) is 11.1 Å². The van der Waals surface area contributed by atoms with Crippen molar-refractivity contribution in [2.75, 3.05) is 13.2 Å². The van der Waals surface area contributed by atoms with Gasteiger partial charge in [-0.15, -0.1) is 0 Å². The number of aliphatic carboxylic acids is 1. The number of carboxylic acids is 1. The fraction of sp³-hybridized carbons (Fsp3) is 0.400. The van der Waals surface area contributed by atoms with E-state index in [1.165, 1.54) is 0 Å². The Hall–Kier alpha value is -3.35. The number of benzene rings is 2. The summed E-state index contributed by atoms with van der Waals surface area (Å²) in [5.41, 5.74) is 4.60. The summed E-state index contributed by atoms with van der Waals surface area (Å²) >= 11 is 0. The van der Waals surface area contributed by atoms with E-state index in [0.717, 1.165) is 22.3 Å². The van der Waals surface area contributed by atoms with Crippen molar-refractivity contribution in [1.82, 2.24) is 10.2 Å². The van der Waals surface area contributed by atoms with E-state index in [0.29, 0.717) is 13.0 Å². The Morgan fingerprint density at radius 1 is 1.09 bits per heavy atom. The van der Waals surface area contributed by atoms with Crippen molar-refractivity contribution < 1.29 is 24.2 Å². The lowest BCUT2D eigenvalue weighted by molar-refractivity contribution is -0.143. The number of alkyl carbamates (subject to hydrolysis) is 1. The Labute approximate surface area is 187 Å². The standard InChI is InChI=1S/C25H28N2O5/c1-15(13-23(28)27-12-11-17(16(27)2)24(29)30)26-25(31)32-14-22-20-9-5-3-7-18(20)19-8-4-6-10-21(19)22/h3-10,15-17,22H,11-14H2,1-2H3,(H,26,31)(H,29,30)/t15-,16?,17?/m1/s1. The average Bonchev–Trinajstić information content (AvgIpc) is 3.30. The van der Waals surface area contributed by atoms with Gasteiger partial charge in [0, 0.05) is 31.0 Å². The summed E-state index contributed by atoms with van der Waals surface area (Å²) in [6.45, 7) is 4.14. The number of hydrogen-bond donors (Lipinski definition) is 2. The van der Waals surface area contributed by atoms with E-state index in [1.807, 2.05) is 24.3 Å². The van der Waals surface area contributed by atoms with Gasteiger partial charge in [0.25, 0.3) is 0 Å². The highest BCUT2D eigenvalue weighted by Gasteiger charge is 2.38. The summed E-state index contributed by atoms with van der Waals surface area (Å²) in [5, 5.41) is 12.0. The van der Waals surface area contributed by atoms with Gasteiger partial charge in [-0.25, -0.2) is 4.79 Å². The van der Waals surface area contributed by atoms with Crippen LogP contribution in [0.1, 0.15) is 43.7 Å². The molecule has 7 heteroatoms. The molecule has 2 aromatic carbocycles. The third kappa shape index (κ3) is 4.20. The molecule has 168 valence electrons. The van der Waals surface area contributed by atoms with Crippen molar-refractivity contribution in [3.8, 4) is 11.1 Å². The van der Waals surface area contributed by atoms with Gasteiger partial charge < -0.3 is 20.1 Å². The van der Waals surface area contributed by atoms with Crippen molar-refractivity contribution in [1.29, 1.82) is 0 Å². The number of ether oxygens (including phenoxy) is 1. The van der Waals surface area contributed by atoms with Gasteiger partial charge in [-0.05, 0) is 42.5 Å². The molecule has 0 radical (unpaired) electrons. The molecule has 0 aromatic heterocycles. The summed E-state index contributed by atoms with van der Waals surface area (Å²) in [6.07, 6.45) is -0.0119. The molecule has 0 spiro atoms. The maximum absolute atomic E-state index is 12.6. The quantitative estimate of drug-likeness (QED) is 0.721. The Kier molecular flexibility index (Phi) is 6.17. The SMILES string of the molecule is CC1C(C(=O)O)CCN1C(=O)C[C@@H](C)NC(=O)OCC1c2ccccc2-c2ccccc21. The number of carboxylic acid groups (broad SMARTS) is 1. The second-order valence-electron chi connectivity index (χ2n) is 8.64. The predicted octanol–water partition coefficient (Wildman–Crippen LogP) is 3.63. The van der Waals surface area contributed by atoms with Crippen molar-refractivity contribution in [2.24, 2.45) is 5.92 Å². The van der Waals surface area contributed by atoms with E-state index < -0.39 is 24.0 Å². The molecule has 1 heterocycles. The molecule has 0 bridgehead atoms. The summed E-state index contributed by atoms with van der Waals surface area (Å²) < 4.78 is 5.53. The first-order valence-electron chi connectivity index (χ1n) is 11.0. The second kappa shape index (κ2) is 9.02. The highest BCUT2D eigenvalue weighted by atomic mass is 16.5. The van der Waals surface area contributed by atoms with Crippen LogP contribution in [-0.2, 0) is 14.3 Å². The molecule has 32 heavy (non-hydrogen) atoms. The molecule has 1 aliphatic carbocycles. The van der Waals surface area contributed by atoms with Crippen LogP contribution >= 0.6 is 0 Å². The first-order chi connectivity index (χ1) is 15.4. The fourth-order valence-electron chi connectivity index (χ4n) is 4.89. The van der Waals surface area contributed by atoms with Gasteiger partial charge in [0.05, 0.1) is 5.92 Å². The molecule has 1 fully saturated rings. The second-order valence-corrected chi connectivity index (χ2v) is 8.64. The van der Waals surface area contributed by atoms with E-state index >= 15 is 0 Å². The van der Waals surface area contributed by atoms with Crippen molar-refractivity contribution in [3.05, 3.63) is 59.7 Å². The third-order valence-corrected chi connectivity index (χ3v) is 6.58. The van der Waals surface area contributed by atoms with Crippen LogP contribution in [0.2, 0.25) is 0 Å². The Balaban J connectivity index is 1.31. The number of likely N-dealkylation sites (tertiary alicyclic amines) is 1. The van der Waals surface area contributed by atoms with Crippen LogP contribution in [0.4, 0.5) is 4.79 Å². The zero-order chi connectivity index (χ0) is 22.8. The lowest BCUT2D eigenvalue weighted by atomic mass is 9.98. The van der Waals surface area contributed by atoms with Crippen LogP contribution in [0.5, 0.6) is 0 Å². The van der Waals surface area contributed by atoms with Gasteiger partial charge in [0.15, 0.2) is 0 Å². The number of hydrogen-bond acceptors (Lipinski definition) is 4. The summed E-state index contributed by atoms with van der Waals surface area (Å²) in [6, 6.07) is 15.5. The third-order valence-electron chi connectivity index (χ3n) is 6.58. The van der Waals surface area contributed by atoms with Crippen molar-refractivity contribution >= 4 is 18.0 Å². The summed E-state index contributed by atoms with van der Waals surface area (Å²) in [7, 11) is 0. The van der Waals surface area contributed by atoms with Crippen LogP contribution < -0.4 is 5.32 Å². The molecule has 3 atom stereocenters. The summed E-state index contributed by atoms with van der Waals surface area (Å²) in [4.78, 5) is 37.9. The molecule has 2 unspecified atom stereocenters. The Bertz CT molecular complexity index is 991. The first kappa shape index (κ1) is 21.9. The van der Waals surface area contributed by atoms with Gasteiger partial charge in [0.1, 0.15) is 6.61 Å². The molecular weight excluding hydrogens is 408 g/mol.